The minimum absolute atomic E-state index is 0. The number of rotatable bonds is 8. The Labute approximate surface area is 149 Å². The van der Waals surface area contributed by atoms with Gasteiger partial charge >= 0.3 is 6.18 Å². The lowest BCUT2D eigenvalue weighted by molar-refractivity contribution is -0.147. The van der Waals surface area contributed by atoms with Gasteiger partial charge in [0, 0.05) is 26.2 Å². The summed E-state index contributed by atoms with van der Waals surface area (Å²) in [6, 6.07) is 0. The molecule has 1 aliphatic rings. The van der Waals surface area contributed by atoms with Gasteiger partial charge < -0.3 is 15.1 Å². The first-order valence-corrected chi connectivity index (χ1v) is 7.66. The van der Waals surface area contributed by atoms with Gasteiger partial charge in [-0.3, -0.25) is 4.79 Å². The number of halogens is 5. The van der Waals surface area contributed by atoms with Crippen molar-refractivity contribution in [1.82, 2.24) is 15.1 Å². The maximum atomic E-state index is 12.4. The Balaban J connectivity index is 0. The molecule has 140 valence electrons. The summed E-state index contributed by atoms with van der Waals surface area (Å²) in [5, 5.41) is 3.09. The van der Waals surface area contributed by atoms with Gasteiger partial charge in [0.15, 0.2) is 0 Å². The zero-order valence-electron chi connectivity index (χ0n) is 13.7. The van der Waals surface area contributed by atoms with Crippen molar-refractivity contribution < 1.29 is 18.0 Å². The van der Waals surface area contributed by atoms with Crippen LogP contribution in [0.2, 0.25) is 0 Å². The van der Waals surface area contributed by atoms with E-state index in [0.29, 0.717) is 26.1 Å². The predicted octanol–water partition coefficient (Wildman–Crippen LogP) is 2.56. The lowest BCUT2D eigenvalue weighted by atomic mass is 10.1. The van der Waals surface area contributed by atoms with Crippen LogP contribution in [-0.4, -0.2) is 67.7 Å². The topological polar surface area (TPSA) is 35.6 Å². The van der Waals surface area contributed by atoms with Gasteiger partial charge in [0.2, 0.25) is 5.91 Å². The zero-order chi connectivity index (χ0) is 15.9. The number of alkyl halides is 3. The van der Waals surface area contributed by atoms with Crippen molar-refractivity contribution in [3.8, 4) is 0 Å². The summed E-state index contributed by atoms with van der Waals surface area (Å²) in [5.41, 5.74) is 0. The molecule has 1 unspecified atom stereocenters. The lowest BCUT2D eigenvalue weighted by Gasteiger charge is -2.28. The van der Waals surface area contributed by atoms with Crippen LogP contribution in [-0.2, 0) is 4.79 Å². The van der Waals surface area contributed by atoms with E-state index in [1.807, 2.05) is 13.8 Å². The molecular weight excluding hydrogens is 354 g/mol. The van der Waals surface area contributed by atoms with Crippen LogP contribution in [0, 0.1) is 5.92 Å². The van der Waals surface area contributed by atoms with E-state index in [-0.39, 0.29) is 43.2 Å². The number of hydrogen-bond donors (Lipinski definition) is 1. The van der Waals surface area contributed by atoms with E-state index in [2.05, 4.69) is 10.2 Å². The quantitative estimate of drug-likeness (QED) is 0.701. The molecule has 0 aromatic rings. The third kappa shape index (κ3) is 9.59. The molecule has 0 aromatic heterocycles. The number of likely N-dealkylation sites (N-methyl/N-ethyl adjacent to an activating group) is 1. The Morgan fingerprint density at radius 2 is 1.74 bits per heavy atom. The van der Waals surface area contributed by atoms with Gasteiger partial charge in [0.25, 0.3) is 0 Å². The molecule has 23 heavy (non-hydrogen) atoms. The molecule has 0 saturated carbocycles. The molecule has 1 heterocycles. The zero-order valence-corrected chi connectivity index (χ0v) is 15.3. The van der Waals surface area contributed by atoms with Crippen LogP contribution < -0.4 is 5.32 Å². The summed E-state index contributed by atoms with van der Waals surface area (Å²) in [6.45, 7) is 7.78. The highest BCUT2D eigenvalue weighted by Crippen LogP contribution is 2.21. The number of nitrogens with zero attached hydrogens (tertiary/aromatic N) is 2. The molecule has 4 nitrogen and oxygen atoms in total. The van der Waals surface area contributed by atoms with Crippen LogP contribution >= 0.6 is 24.8 Å². The van der Waals surface area contributed by atoms with Crippen molar-refractivity contribution in [1.29, 1.82) is 0 Å². The molecule has 0 aromatic carbocycles. The lowest BCUT2D eigenvalue weighted by Crippen LogP contribution is -2.43. The maximum absolute atomic E-state index is 12.4. The van der Waals surface area contributed by atoms with Crippen molar-refractivity contribution >= 4 is 30.7 Å². The summed E-state index contributed by atoms with van der Waals surface area (Å²) in [6.07, 6.45) is -4.44. The molecule has 1 N–H and O–H groups in total. The van der Waals surface area contributed by atoms with E-state index < -0.39 is 12.6 Å². The van der Waals surface area contributed by atoms with Gasteiger partial charge in [-0.1, -0.05) is 13.8 Å². The minimum Gasteiger partial charge on any atom is -0.341 e. The van der Waals surface area contributed by atoms with E-state index >= 15 is 0 Å². The van der Waals surface area contributed by atoms with E-state index in [9.17, 15) is 18.0 Å². The summed E-state index contributed by atoms with van der Waals surface area (Å²) < 4.78 is 37.3. The van der Waals surface area contributed by atoms with Crippen LogP contribution in [0.3, 0.4) is 0 Å². The average Bonchev–Trinajstić information content (AvgIpc) is 2.95. The van der Waals surface area contributed by atoms with E-state index in [1.54, 1.807) is 0 Å². The molecule has 1 amide bonds. The van der Waals surface area contributed by atoms with Crippen LogP contribution in [0.5, 0.6) is 0 Å². The van der Waals surface area contributed by atoms with E-state index in [4.69, 9.17) is 0 Å². The van der Waals surface area contributed by atoms with Crippen molar-refractivity contribution in [3.05, 3.63) is 0 Å². The second-order valence-electron chi connectivity index (χ2n) is 5.41. The Morgan fingerprint density at radius 1 is 1.13 bits per heavy atom. The molecule has 0 bridgehead atoms. The Morgan fingerprint density at radius 3 is 2.17 bits per heavy atom. The third-order valence-electron chi connectivity index (χ3n) is 3.97. The second-order valence-corrected chi connectivity index (χ2v) is 5.41. The summed E-state index contributed by atoms with van der Waals surface area (Å²) >= 11 is 0. The van der Waals surface area contributed by atoms with Gasteiger partial charge in [0.1, 0.15) is 0 Å². The van der Waals surface area contributed by atoms with Crippen molar-refractivity contribution in [2.75, 3.05) is 45.8 Å². The highest BCUT2D eigenvalue weighted by atomic mass is 35.5. The average molecular weight is 382 g/mol. The van der Waals surface area contributed by atoms with Gasteiger partial charge in [-0.05, 0) is 26.1 Å². The third-order valence-corrected chi connectivity index (χ3v) is 3.97. The van der Waals surface area contributed by atoms with Crippen molar-refractivity contribution in [3.63, 3.8) is 0 Å². The Kier molecular flexibility index (Phi) is 13.2. The van der Waals surface area contributed by atoms with Crippen LogP contribution in [0.1, 0.15) is 26.7 Å². The smallest absolute Gasteiger partial charge is 0.341 e. The molecule has 0 spiro atoms. The fourth-order valence-electron chi connectivity index (χ4n) is 2.52. The fraction of sp³-hybridized carbons (Fsp3) is 0.929. The largest absolute Gasteiger partial charge is 0.390 e. The summed E-state index contributed by atoms with van der Waals surface area (Å²) in [5.74, 6) is -0.314. The SMILES string of the molecule is CCN(CC)CCN(CCC(F)(F)F)C(=O)C1CCNC1.Cl.Cl. The molecule has 0 radical (unpaired) electrons. The molecule has 0 aliphatic carbocycles. The predicted molar refractivity (Wildman–Crippen MR) is 90.5 cm³/mol. The van der Waals surface area contributed by atoms with Gasteiger partial charge in [-0.25, -0.2) is 0 Å². The second kappa shape index (κ2) is 12.2. The molecule has 1 fully saturated rings. The fourth-order valence-corrected chi connectivity index (χ4v) is 2.52. The monoisotopic (exact) mass is 381 g/mol. The summed E-state index contributed by atoms with van der Waals surface area (Å²) in [7, 11) is 0. The standard InChI is InChI=1S/C14H26F3N3O.2ClH/c1-3-19(4-2)9-10-20(8-6-14(15,16)17)13(21)12-5-7-18-11-12;;/h12,18H,3-11H2,1-2H3;2*1H. The number of amides is 1. The highest BCUT2D eigenvalue weighted by Gasteiger charge is 2.32. The van der Waals surface area contributed by atoms with Crippen molar-refractivity contribution in [2.45, 2.75) is 32.9 Å². The van der Waals surface area contributed by atoms with Crippen LogP contribution in [0.25, 0.3) is 0 Å². The van der Waals surface area contributed by atoms with Crippen LogP contribution in [0.4, 0.5) is 13.2 Å². The minimum atomic E-state index is -4.22. The molecule has 9 heteroatoms. The first-order valence-electron chi connectivity index (χ1n) is 7.66. The Hall–Kier alpha value is -0.240. The van der Waals surface area contributed by atoms with E-state index in [0.717, 1.165) is 19.6 Å². The normalized spacial score (nSPS) is 17.6. The van der Waals surface area contributed by atoms with Crippen molar-refractivity contribution in [2.24, 2.45) is 5.92 Å². The molecular formula is C14H28Cl2F3N3O. The highest BCUT2D eigenvalue weighted by molar-refractivity contribution is 5.85. The number of hydrogen-bond acceptors (Lipinski definition) is 3. The van der Waals surface area contributed by atoms with Gasteiger partial charge in [0.05, 0.1) is 12.3 Å². The molecule has 1 atom stereocenters. The first-order chi connectivity index (χ1) is 9.87. The maximum Gasteiger partial charge on any atom is 0.390 e. The number of carbonyl (C=O) groups is 1. The first kappa shape index (κ1) is 25.0. The summed E-state index contributed by atoms with van der Waals surface area (Å²) in [4.78, 5) is 15.9. The molecule has 1 aliphatic heterocycles. The molecule has 1 saturated heterocycles. The van der Waals surface area contributed by atoms with Crippen LogP contribution in [0.15, 0.2) is 0 Å². The van der Waals surface area contributed by atoms with Gasteiger partial charge in [-0.15, -0.1) is 24.8 Å². The Bertz CT molecular complexity index is 323. The number of carbonyl (C=O) groups excluding carboxylic acids is 1. The molecule has 1 rings (SSSR count). The number of nitrogens with one attached hydrogen (secondary N) is 1. The van der Waals surface area contributed by atoms with E-state index in [1.165, 1.54) is 4.90 Å². The van der Waals surface area contributed by atoms with Gasteiger partial charge in [-0.2, -0.15) is 13.2 Å².